The number of ether oxygens (including phenoxy) is 1. The van der Waals surface area contributed by atoms with Gasteiger partial charge in [0, 0.05) is 43.2 Å². The summed E-state index contributed by atoms with van der Waals surface area (Å²) in [5.41, 5.74) is 16.1. The van der Waals surface area contributed by atoms with E-state index in [1.54, 1.807) is 17.3 Å². The van der Waals surface area contributed by atoms with Gasteiger partial charge in [-0.15, -0.1) is 0 Å². The van der Waals surface area contributed by atoms with Crippen LogP contribution in [-0.4, -0.2) is 35.1 Å². The standard InChI is InChI=1S/C21H19N5OS.C9H10.CH5N/c22-21-25-17-5-4-15(12-19(17)28-21)27-16-7-8-23-18(11-16)14-3-6-20(24-13-14)26-9-1-2-10-26;1-2-5-9-7-3-6-8(9)4-1;1-2/h3-8,11-13H,1-2,9-10H2,(H2,22,25);1-2,4-5H,3,6-7H2;2H2,1H3. The normalized spacial score (nSPS) is 13.7. The van der Waals surface area contributed by atoms with Gasteiger partial charge in [-0.3, -0.25) is 4.98 Å². The van der Waals surface area contributed by atoms with Crippen LogP contribution in [0, 0.1) is 0 Å². The van der Waals surface area contributed by atoms with Crippen molar-refractivity contribution in [1.29, 1.82) is 0 Å². The topological polar surface area (TPSA) is 103 Å². The van der Waals surface area contributed by atoms with Crippen LogP contribution in [0.4, 0.5) is 10.9 Å². The molecule has 0 saturated carbocycles. The number of benzene rings is 2. The summed E-state index contributed by atoms with van der Waals surface area (Å²) in [5, 5.41) is 0.559. The van der Waals surface area contributed by atoms with Crippen LogP contribution in [0.15, 0.2) is 79.1 Å². The van der Waals surface area contributed by atoms with E-state index in [-0.39, 0.29) is 0 Å². The molecule has 4 N–H and O–H groups in total. The molecule has 39 heavy (non-hydrogen) atoms. The number of thiazole rings is 1. The van der Waals surface area contributed by atoms with Gasteiger partial charge >= 0.3 is 0 Å². The molecular weight excluding hydrogens is 504 g/mol. The molecule has 0 bridgehead atoms. The molecule has 1 saturated heterocycles. The Kier molecular flexibility index (Phi) is 8.65. The van der Waals surface area contributed by atoms with E-state index in [1.165, 1.54) is 50.5 Å². The lowest BCUT2D eigenvalue weighted by Crippen LogP contribution is -2.18. The molecule has 2 aromatic carbocycles. The first kappa shape index (κ1) is 26.6. The fraction of sp³-hybridized carbons (Fsp3) is 0.258. The van der Waals surface area contributed by atoms with E-state index in [9.17, 15) is 0 Å². The number of anilines is 2. The molecule has 8 heteroatoms. The Labute approximate surface area is 233 Å². The van der Waals surface area contributed by atoms with Crippen molar-refractivity contribution in [1.82, 2.24) is 15.0 Å². The van der Waals surface area contributed by atoms with Crippen LogP contribution in [0.5, 0.6) is 11.5 Å². The first-order valence-electron chi connectivity index (χ1n) is 13.4. The minimum absolute atomic E-state index is 0.559. The van der Waals surface area contributed by atoms with Crippen molar-refractivity contribution >= 4 is 32.5 Å². The second kappa shape index (κ2) is 12.7. The van der Waals surface area contributed by atoms with E-state index in [4.69, 9.17) is 10.5 Å². The molecule has 3 aromatic heterocycles. The zero-order valence-electron chi connectivity index (χ0n) is 22.2. The second-order valence-electron chi connectivity index (χ2n) is 9.38. The lowest BCUT2D eigenvalue weighted by Gasteiger charge is -2.16. The molecule has 4 heterocycles. The van der Waals surface area contributed by atoms with Gasteiger partial charge in [-0.05, 0) is 80.6 Å². The predicted molar refractivity (Wildman–Crippen MR) is 162 cm³/mol. The molecule has 7 rings (SSSR count). The summed E-state index contributed by atoms with van der Waals surface area (Å²) in [6, 6.07) is 22.4. The molecule has 200 valence electrons. The lowest BCUT2D eigenvalue weighted by molar-refractivity contribution is 0.483. The summed E-state index contributed by atoms with van der Waals surface area (Å²) < 4.78 is 7.04. The van der Waals surface area contributed by atoms with Crippen LogP contribution in [0.3, 0.4) is 0 Å². The Bertz CT molecular complexity index is 1490. The summed E-state index contributed by atoms with van der Waals surface area (Å²) in [6.07, 6.45) is 10.1. The molecule has 0 radical (unpaired) electrons. The van der Waals surface area contributed by atoms with Gasteiger partial charge in [-0.1, -0.05) is 35.6 Å². The molecule has 0 spiro atoms. The zero-order valence-corrected chi connectivity index (χ0v) is 23.0. The van der Waals surface area contributed by atoms with Crippen LogP contribution >= 0.6 is 11.3 Å². The Morgan fingerprint density at radius 3 is 2.28 bits per heavy atom. The quantitative estimate of drug-likeness (QED) is 0.270. The number of aromatic nitrogens is 3. The van der Waals surface area contributed by atoms with Gasteiger partial charge in [0.2, 0.25) is 0 Å². The van der Waals surface area contributed by atoms with E-state index in [1.807, 2.05) is 36.5 Å². The van der Waals surface area contributed by atoms with E-state index in [2.05, 4.69) is 62.0 Å². The highest BCUT2D eigenvalue weighted by molar-refractivity contribution is 7.22. The van der Waals surface area contributed by atoms with E-state index < -0.39 is 0 Å². The largest absolute Gasteiger partial charge is 0.457 e. The average molecular weight is 539 g/mol. The van der Waals surface area contributed by atoms with Crippen molar-refractivity contribution in [3.05, 3.63) is 90.3 Å². The van der Waals surface area contributed by atoms with Crippen LogP contribution in [-0.2, 0) is 12.8 Å². The first-order chi connectivity index (χ1) is 19.2. The molecule has 7 nitrogen and oxygen atoms in total. The highest BCUT2D eigenvalue weighted by atomic mass is 32.1. The van der Waals surface area contributed by atoms with Gasteiger partial charge in [-0.25, -0.2) is 9.97 Å². The SMILES string of the molecule is CN.Nc1nc2ccc(Oc3ccnc(-c4ccc(N5CCCC5)nc4)c3)cc2s1.c1ccc2c(c1)CCC2. The van der Waals surface area contributed by atoms with Gasteiger partial charge in [0.15, 0.2) is 5.13 Å². The average Bonchev–Trinajstić information content (AvgIpc) is 3.75. The Morgan fingerprint density at radius 1 is 0.821 bits per heavy atom. The molecule has 5 aromatic rings. The van der Waals surface area contributed by atoms with Gasteiger partial charge in [-0.2, -0.15) is 0 Å². The molecule has 1 aliphatic carbocycles. The minimum Gasteiger partial charge on any atom is -0.457 e. The molecule has 1 aliphatic heterocycles. The van der Waals surface area contributed by atoms with Gasteiger partial charge in [0.25, 0.3) is 0 Å². The first-order valence-corrected chi connectivity index (χ1v) is 14.2. The van der Waals surface area contributed by atoms with Crippen molar-refractivity contribution in [2.45, 2.75) is 32.1 Å². The van der Waals surface area contributed by atoms with Crippen LogP contribution < -0.4 is 21.1 Å². The minimum atomic E-state index is 0.559. The number of fused-ring (bicyclic) bond motifs is 2. The lowest BCUT2D eigenvalue weighted by atomic mass is 10.1. The number of hydrogen-bond acceptors (Lipinski definition) is 8. The summed E-state index contributed by atoms with van der Waals surface area (Å²) in [6.45, 7) is 2.17. The van der Waals surface area contributed by atoms with Gasteiger partial charge in [0.1, 0.15) is 17.3 Å². The van der Waals surface area contributed by atoms with Crippen LogP contribution in [0.1, 0.15) is 30.4 Å². The Morgan fingerprint density at radius 2 is 1.56 bits per heavy atom. The van der Waals surface area contributed by atoms with Gasteiger partial charge < -0.3 is 21.1 Å². The van der Waals surface area contributed by atoms with Crippen molar-refractivity contribution in [2.24, 2.45) is 5.73 Å². The molecule has 0 atom stereocenters. The van der Waals surface area contributed by atoms with E-state index >= 15 is 0 Å². The van der Waals surface area contributed by atoms with Crippen molar-refractivity contribution in [3.8, 4) is 22.8 Å². The Balaban J connectivity index is 0.000000234. The molecule has 0 unspecified atom stereocenters. The molecule has 1 fully saturated rings. The fourth-order valence-electron chi connectivity index (χ4n) is 4.94. The number of rotatable bonds is 4. The maximum absolute atomic E-state index is 6.03. The fourth-order valence-corrected chi connectivity index (χ4v) is 5.70. The number of nitrogen functional groups attached to an aromatic ring is 1. The number of pyridine rings is 2. The van der Waals surface area contributed by atoms with Crippen molar-refractivity contribution < 1.29 is 4.74 Å². The highest BCUT2D eigenvalue weighted by Crippen LogP contribution is 2.31. The zero-order chi connectivity index (χ0) is 27.0. The number of nitrogens with zero attached hydrogens (tertiary/aromatic N) is 4. The third-order valence-corrected chi connectivity index (χ3v) is 7.68. The summed E-state index contributed by atoms with van der Waals surface area (Å²) >= 11 is 1.45. The third-order valence-electron chi connectivity index (χ3n) is 6.83. The summed E-state index contributed by atoms with van der Waals surface area (Å²) in [5.74, 6) is 2.51. The smallest absolute Gasteiger partial charge is 0.181 e. The number of nitrogens with two attached hydrogens (primary N) is 2. The molecule has 0 amide bonds. The van der Waals surface area contributed by atoms with E-state index in [0.29, 0.717) is 5.13 Å². The van der Waals surface area contributed by atoms with Gasteiger partial charge in [0.05, 0.1) is 15.9 Å². The highest BCUT2D eigenvalue weighted by Gasteiger charge is 2.14. The monoisotopic (exact) mass is 538 g/mol. The number of hydrogen-bond donors (Lipinski definition) is 2. The van der Waals surface area contributed by atoms with E-state index in [0.717, 1.165) is 51.9 Å². The number of aryl methyl sites for hydroxylation is 2. The van der Waals surface area contributed by atoms with Crippen molar-refractivity contribution in [3.63, 3.8) is 0 Å². The summed E-state index contributed by atoms with van der Waals surface area (Å²) in [4.78, 5) is 15.7. The molecular formula is C31H34N6OS. The second-order valence-corrected chi connectivity index (χ2v) is 10.4. The Hall–Kier alpha value is -4.01. The van der Waals surface area contributed by atoms with Crippen LogP contribution in [0.2, 0.25) is 0 Å². The third kappa shape index (κ3) is 6.53. The summed E-state index contributed by atoms with van der Waals surface area (Å²) in [7, 11) is 1.50. The maximum Gasteiger partial charge on any atom is 0.181 e. The predicted octanol–water partition coefficient (Wildman–Crippen LogP) is 6.48. The van der Waals surface area contributed by atoms with Crippen LogP contribution in [0.25, 0.3) is 21.5 Å². The maximum atomic E-state index is 6.03. The molecule has 2 aliphatic rings. The van der Waals surface area contributed by atoms with Crippen molar-refractivity contribution in [2.75, 3.05) is 30.8 Å².